The average Bonchev–Trinajstić information content (AvgIpc) is 2.90. The predicted molar refractivity (Wildman–Crippen MR) is 136 cm³/mol. The molecule has 0 amide bonds. The van der Waals surface area contributed by atoms with Gasteiger partial charge in [-0.05, 0) is 74.9 Å². The molecule has 0 spiro atoms. The molecule has 37 heavy (non-hydrogen) atoms. The molecule has 1 aromatic heterocycles. The number of aromatic nitrogens is 1. The highest BCUT2D eigenvalue weighted by atomic mass is 19.1. The van der Waals surface area contributed by atoms with Crippen molar-refractivity contribution in [2.24, 2.45) is 5.92 Å². The van der Waals surface area contributed by atoms with E-state index < -0.39 is 23.8 Å². The van der Waals surface area contributed by atoms with E-state index in [0.29, 0.717) is 42.4 Å². The van der Waals surface area contributed by atoms with Crippen molar-refractivity contribution in [1.82, 2.24) is 9.88 Å². The molecule has 2 N–H and O–H groups in total. The third-order valence-corrected chi connectivity index (χ3v) is 8.01. The lowest BCUT2D eigenvalue weighted by atomic mass is 9.71. The minimum atomic E-state index is -1.20. The Kier molecular flexibility index (Phi) is 8.71. The lowest BCUT2D eigenvalue weighted by Crippen LogP contribution is -2.40. The highest BCUT2D eigenvalue weighted by Gasteiger charge is 2.40. The molecule has 7 nitrogen and oxygen atoms in total. The van der Waals surface area contributed by atoms with Crippen LogP contribution in [0.15, 0.2) is 30.5 Å². The third kappa shape index (κ3) is 5.91. The largest absolute Gasteiger partial charge is 0.393 e. The van der Waals surface area contributed by atoms with Gasteiger partial charge in [0, 0.05) is 23.9 Å². The number of pyridine rings is 1. The van der Waals surface area contributed by atoms with E-state index in [-0.39, 0.29) is 29.7 Å². The smallest absolute Gasteiger partial charge is 0.150 e. The van der Waals surface area contributed by atoms with Gasteiger partial charge in [-0.15, -0.1) is 0 Å². The second kappa shape index (κ2) is 11.8. The van der Waals surface area contributed by atoms with E-state index >= 15 is 4.39 Å². The van der Waals surface area contributed by atoms with Gasteiger partial charge in [-0.2, -0.15) is 5.26 Å². The summed E-state index contributed by atoms with van der Waals surface area (Å²) in [5, 5.41) is 30.5. The van der Waals surface area contributed by atoms with E-state index in [1.54, 1.807) is 30.1 Å². The van der Waals surface area contributed by atoms with Crippen LogP contribution < -0.4 is 0 Å². The lowest BCUT2D eigenvalue weighted by Gasteiger charge is -2.40. The first-order chi connectivity index (χ1) is 17.8. The molecule has 0 aliphatic heterocycles. The van der Waals surface area contributed by atoms with Gasteiger partial charge in [-0.25, -0.2) is 4.39 Å². The van der Waals surface area contributed by atoms with E-state index in [2.05, 4.69) is 4.98 Å². The molecule has 2 fully saturated rings. The number of aliphatic hydroxyl groups is 2. The number of ether oxygens (including phenoxy) is 1. The summed E-state index contributed by atoms with van der Waals surface area (Å²) in [4.78, 5) is 18.4. The molecule has 4 rings (SSSR count). The maximum Gasteiger partial charge on any atom is 0.150 e. The van der Waals surface area contributed by atoms with Crippen molar-refractivity contribution < 1.29 is 24.1 Å². The zero-order valence-corrected chi connectivity index (χ0v) is 21.6. The van der Waals surface area contributed by atoms with Crippen molar-refractivity contribution in [2.75, 3.05) is 7.05 Å². The second-order valence-electron chi connectivity index (χ2n) is 10.5. The molecule has 2 aliphatic carbocycles. The van der Waals surface area contributed by atoms with Crippen molar-refractivity contribution >= 4 is 6.29 Å². The summed E-state index contributed by atoms with van der Waals surface area (Å²) < 4.78 is 22.2. The van der Waals surface area contributed by atoms with Crippen LogP contribution in [-0.2, 0) is 16.9 Å². The number of hydrogen-bond acceptors (Lipinski definition) is 7. The number of halogens is 1. The number of carbonyl (C=O) groups excluding carboxylic acids is 1. The average molecular weight is 510 g/mol. The molecule has 2 saturated carbocycles. The number of carbonyl (C=O) groups is 1. The normalized spacial score (nSPS) is 22.6. The molecule has 0 bridgehead atoms. The van der Waals surface area contributed by atoms with Crippen molar-refractivity contribution in [2.45, 2.75) is 88.9 Å². The summed E-state index contributed by atoms with van der Waals surface area (Å²) in [6.45, 7) is 2.18. The molecule has 0 saturated heterocycles. The summed E-state index contributed by atoms with van der Waals surface area (Å²) in [6.07, 6.45) is 6.72. The Bertz CT molecular complexity index is 1120. The standard InChI is InChI=1S/C29H36FN3O4/c1-3-29(36,21-7-5-4-6-8-21)22-11-20(18-34)27(26(30)12-22)28(37-25-13-24(35)14-25)33(2)17-23-10-9-19(15-31)16-32-23/h9-12,16,18,21,24-25,28,35-36H,3-8,13-14,17H2,1-2H3/t24?,25?,28-,29?/m1/s1. The number of nitrogens with zero attached hydrogens (tertiary/aromatic N) is 3. The van der Waals surface area contributed by atoms with E-state index in [1.807, 2.05) is 13.0 Å². The van der Waals surface area contributed by atoms with Crippen LogP contribution in [0.3, 0.4) is 0 Å². The fourth-order valence-electron chi connectivity index (χ4n) is 5.70. The Balaban J connectivity index is 1.69. The van der Waals surface area contributed by atoms with Gasteiger partial charge in [0.2, 0.25) is 0 Å². The highest BCUT2D eigenvalue weighted by molar-refractivity contribution is 5.78. The molecule has 0 radical (unpaired) electrons. The molecule has 2 aromatic rings. The Hall–Kier alpha value is -2.70. The van der Waals surface area contributed by atoms with Crippen molar-refractivity contribution in [1.29, 1.82) is 5.26 Å². The maximum atomic E-state index is 16.0. The summed E-state index contributed by atoms with van der Waals surface area (Å²) in [7, 11) is 1.76. The minimum Gasteiger partial charge on any atom is -0.393 e. The van der Waals surface area contributed by atoms with Gasteiger partial charge in [-0.3, -0.25) is 14.7 Å². The van der Waals surface area contributed by atoms with Crippen LogP contribution in [0.25, 0.3) is 0 Å². The van der Waals surface area contributed by atoms with Gasteiger partial charge >= 0.3 is 0 Å². The zero-order chi connectivity index (χ0) is 26.6. The van der Waals surface area contributed by atoms with Gasteiger partial charge in [0.05, 0.1) is 29.1 Å². The molecule has 1 aromatic carbocycles. The van der Waals surface area contributed by atoms with Crippen LogP contribution in [0.2, 0.25) is 0 Å². The molecule has 1 unspecified atom stereocenters. The minimum absolute atomic E-state index is 0.0182. The third-order valence-electron chi connectivity index (χ3n) is 8.01. The first kappa shape index (κ1) is 27.3. The van der Waals surface area contributed by atoms with Crippen molar-refractivity contribution in [3.63, 3.8) is 0 Å². The number of nitriles is 1. The topological polar surface area (TPSA) is 107 Å². The number of benzene rings is 1. The summed E-state index contributed by atoms with van der Waals surface area (Å²) >= 11 is 0. The first-order valence-electron chi connectivity index (χ1n) is 13.2. The fraction of sp³-hybridized carbons (Fsp3) is 0.552. The van der Waals surface area contributed by atoms with Crippen LogP contribution >= 0.6 is 0 Å². The first-order valence-corrected chi connectivity index (χ1v) is 13.2. The van der Waals surface area contributed by atoms with Crippen molar-refractivity contribution in [3.8, 4) is 6.07 Å². The van der Waals surface area contributed by atoms with Gasteiger partial charge in [0.25, 0.3) is 0 Å². The van der Waals surface area contributed by atoms with Crippen molar-refractivity contribution in [3.05, 3.63) is 64.2 Å². The van der Waals surface area contributed by atoms with Crippen LogP contribution in [-0.4, -0.2) is 45.6 Å². The van der Waals surface area contributed by atoms with Gasteiger partial charge in [-0.1, -0.05) is 26.2 Å². The molecule has 2 aliphatic rings. The molecule has 198 valence electrons. The van der Waals surface area contributed by atoms with E-state index in [4.69, 9.17) is 10.00 Å². The molecule has 1 heterocycles. The molecular weight excluding hydrogens is 473 g/mol. The van der Waals surface area contributed by atoms with Gasteiger partial charge in [0.15, 0.2) is 6.29 Å². The lowest BCUT2D eigenvalue weighted by molar-refractivity contribution is -0.154. The maximum absolute atomic E-state index is 16.0. The van der Waals surface area contributed by atoms with E-state index in [1.165, 1.54) is 12.3 Å². The van der Waals surface area contributed by atoms with Crippen LogP contribution in [0.1, 0.15) is 97.3 Å². The monoisotopic (exact) mass is 509 g/mol. The Morgan fingerprint density at radius 3 is 2.59 bits per heavy atom. The van der Waals surface area contributed by atoms with E-state index in [9.17, 15) is 15.0 Å². The van der Waals surface area contributed by atoms with E-state index in [0.717, 1.165) is 32.1 Å². The van der Waals surface area contributed by atoms with Crippen LogP contribution in [0, 0.1) is 23.1 Å². The highest BCUT2D eigenvalue weighted by Crippen LogP contribution is 2.43. The number of aldehydes is 1. The quantitative estimate of drug-likeness (QED) is 0.351. The summed E-state index contributed by atoms with van der Waals surface area (Å²) in [5.41, 5.74) is 0.574. The molecular formula is C29H36FN3O4. The molecule has 2 atom stereocenters. The summed E-state index contributed by atoms with van der Waals surface area (Å²) in [6, 6.07) is 8.40. The number of aliphatic hydroxyl groups excluding tert-OH is 1. The Morgan fingerprint density at radius 1 is 1.30 bits per heavy atom. The van der Waals surface area contributed by atoms with Gasteiger partial charge < -0.3 is 14.9 Å². The Morgan fingerprint density at radius 2 is 2.03 bits per heavy atom. The predicted octanol–water partition coefficient (Wildman–Crippen LogP) is 4.75. The fourth-order valence-corrected chi connectivity index (χ4v) is 5.70. The summed E-state index contributed by atoms with van der Waals surface area (Å²) in [5.74, 6) is -0.587. The second-order valence-corrected chi connectivity index (χ2v) is 10.5. The van der Waals surface area contributed by atoms with Gasteiger partial charge in [0.1, 0.15) is 18.1 Å². The Labute approximate surface area is 217 Å². The zero-order valence-electron chi connectivity index (χ0n) is 21.6. The molecule has 8 heteroatoms. The van der Waals surface area contributed by atoms with Crippen LogP contribution in [0.4, 0.5) is 4.39 Å². The SMILES string of the molecule is CCC(O)(c1cc(F)c([C@@H](OC2CC(O)C2)N(C)Cc2ccc(C#N)cn2)c(C=O)c1)C1CCCCC1. The number of rotatable bonds is 10. The van der Waals surface area contributed by atoms with Crippen LogP contribution in [0.5, 0.6) is 0 Å². The number of hydrogen-bond donors (Lipinski definition) is 2.